The van der Waals surface area contributed by atoms with Gasteiger partial charge >= 0.3 is 0 Å². The zero-order valence-corrected chi connectivity index (χ0v) is 11.0. The highest BCUT2D eigenvalue weighted by molar-refractivity contribution is 5.98. The number of hydrazone groups is 1. The first-order chi connectivity index (χ1) is 9.75. The molecular weight excluding hydrogens is 252 g/mol. The van der Waals surface area contributed by atoms with Crippen molar-refractivity contribution < 1.29 is 4.79 Å². The molecule has 0 saturated carbocycles. The summed E-state index contributed by atoms with van der Waals surface area (Å²) in [6, 6.07) is 9.85. The molecule has 0 saturated heterocycles. The van der Waals surface area contributed by atoms with Gasteiger partial charge in [0.1, 0.15) is 5.69 Å². The summed E-state index contributed by atoms with van der Waals surface area (Å²) in [4.78, 5) is 19.4. The fourth-order valence-electron chi connectivity index (χ4n) is 1.43. The first-order valence-corrected chi connectivity index (χ1v) is 6.09. The maximum atomic E-state index is 11.7. The summed E-state index contributed by atoms with van der Waals surface area (Å²) in [7, 11) is 0. The van der Waals surface area contributed by atoms with Crippen molar-refractivity contribution in [2.75, 3.05) is 0 Å². The molecule has 1 aromatic carbocycles. The van der Waals surface area contributed by atoms with E-state index in [0.717, 1.165) is 5.56 Å². The van der Waals surface area contributed by atoms with Crippen LogP contribution in [0.4, 0.5) is 0 Å². The van der Waals surface area contributed by atoms with E-state index < -0.39 is 0 Å². The molecule has 2 rings (SSSR count). The number of carbonyl (C=O) groups is 1. The fourth-order valence-corrected chi connectivity index (χ4v) is 1.43. The molecule has 0 radical (unpaired) electrons. The Bertz CT molecular complexity index is 621. The predicted octanol–water partition coefficient (Wildman–Crippen LogP) is 2.30. The monoisotopic (exact) mass is 266 g/mol. The highest BCUT2D eigenvalue weighted by Gasteiger charge is 2.04. The predicted molar refractivity (Wildman–Crippen MR) is 78.1 cm³/mol. The summed E-state index contributed by atoms with van der Waals surface area (Å²) in [6.07, 6.45) is 8.11. The number of nitrogens with one attached hydrogen (secondary N) is 1. The van der Waals surface area contributed by atoms with Crippen molar-refractivity contribution in [2.45, 2.75) is 6.92 Å². The third-order valence-electron chi connectivity index (χ3n) is 2.45. The molecule has 1 N–H and O–H groups in total. The van der Waals surface area contributed by atoms with Gasteiger partial charge in [0.25, 0.3) is 5.91 Å². The van der Waals surface area contributed by atoms with Crippen LogP contribution in [0.1, 0.15) is 23.0 Å². The second kappa shape index (κ2) is 6.94. The van der Waals surface area contributed by atoms with Crippen LogP contribution in [0.25, 0.3) is 6.08 Å². The van der Waals surface area contributed by atoms with Gasteiger partial charge in [-0.05, 0) is 18.6 Å². The lowest BCUT2D eigenvalue weighted by atomic mass is 10.2. The van der Waals surface area contributed by atoms with Crippen molar-refractivity contribution in [3.63, 3.8) is 0 Å². The van der Waals surface area contributed by atoms with Crippen LogP contribution >= 0.6 is 0 Å². The van der Waals surface area contributed by atoms with E-state index in [0.29, 0.717) is 5.71 Å². The molecule has 0 aliphatic carbocycles. The molecule has 5 nitrogen and oxygen atoms in total. The Kier molecular flexibility index (Phi) is 4.72. The van der Waals surface area contributed by atoms with E-state index >= 15 is 0 Å². The number of benzene rings is 1. The van der Waals surface area contributed by atoms with Gasteiger partial charge in [-0.3, -0.25) is 9.78 Å². The summed E-state index contributed by atoms with van der Waals surface area (Å²) in [5.74, 6) is -0.384. The molecule has 0 aliphatic rings. The second-order valence-corrected chi connectivity index (χ2v) is 4.03. The Morgan fingerprint density at radius 2 is 2.05 bits per heavy atom. The first-order valence-electron chi connectivity index (χ1n) is 6.09. The van der Waals surface area contributed by atoms with Crippen LogP contribution in [-0.4, -0.2) is 21.6 Å². The SMILES string of the molecule is CC(/C=C/c1ccccc1)=N\NC(=O)c1cnccn1. The van der Waals surface area contributed by atoms with E-state index in [2.05, 4.69) is 20.5 Å². The van der Waals surface area contributed by atoms with E-state index in [9.17, 15) is 4.79 Å². The van der Waals surface area contributed by atoms with Gasteiger partial charge in [0.2, 0.25) is 0 Å². The van der Waals surface area contributed by atoms with Crippen LogP contribution in [-0.2, 0) is 0 Å². The Labute approximate surface area is 117 Å². The number of rotatable bonds is 4. The van der Waals surface area contributed by atoms with Crippen LogP contribution in [0.3, 0.4) is 0 Å². The highest BCUT2D eigenvalue weighted by Crippen LogP contribution is 2.01. The maximum Gasteiger partial charge on any atom is 0.291 e. The number of carbonyl (C=O) groups excluding carboxylic acids is 1. The van der Waals surface area contributed by atoms with Gasteiger partial charge in [0.15, 0.2) is 0 Å². The van der Waals surface area contributed by atoms with Crippen molar-refractivity contribution in [3.05, 3.63) is 66.3 Å². The van der Waals surface area contributed by atoms with Crippen molar-refractivity contribution in [2.24, 2.45) is 5.10 Å². The minimum Gasteiger partial charge on any atom is -0.265 e. The van der Waals surface area contributed by atoms with Crippen molar-refractivity contribution in [1.29, 1.82) is 0 Å². The Balaban J connectivity index is 1.95. The minimum atomic E-state index is -0.384. The molecular formula is C15H14N4O. The standard InChI is InChI=1S/C15H14N4O/c1-12(7-8-13-5-3-2-4-6-13)18-19-15(20)14-11-16-9-10-17-14/h2-11H,1H3,(H,19,20)/b8-7+,18-12+. The summed E-state index contributed by atoms with van der Waals surface area (Å²) < 4.78 is 0. The van der Waals surface area contributed by atoms with Crippen LogP contribution in [0.15, 0.2) is 60.1 Å². The Hall–Kier alpha value is -2.82. The fraction of sp³-hybridized carbons (Fsp3) is 0.0667. The average molecular weight is 266 g/mol. The van der Waals surface area contributed by atoms with Gasteiger partial charge in [0, 0.05) is 12.4 Å². The van der Waals surface area contributed by atoms with Crippen molar-refractivity contribution in [3.8, 4) is 0 Å². The Morgan fingerprint density at radius 3 is 2.75 bits per heavy atom. The molecule has 1 amide bonds. The third-order valence-corrected chi connectivity index (χ3v) is 2.45. The lowest BCUT2D eigenvalue weighted by Gasteiger charge is -1.98. The molecule has 0 aliphatic heterocycles. The molecule has 2 aromatic rings. The zero-order valence-electron chi connectivity index (χ0n) is 11.0. The summed E-state index contributed by atoms with van der Waals surface area (Å²) in [6.45, 7) is 1.80. The van der Waals surface area contributed by atoms with Crippen LogP contribution in [0, 0.1) is 0 Å². The lowest BCUT2D eigenvalue weighted by Crippen LogP contribution is -2.20. The number of hydrogen-bond donors (Lipinski definition) is 1. The molecule has 0 fully saturated rings. The first kappa shape index (κ1) is 13.6. The van der Waals surface area contributed by atoms with Crippen LogP contribution in [0.5, 0.6) is 0 Å². The normalized spacial score (nSPS) is 11.6. The third kappa shape index (κ3) is 4.13. The van der Waals surface area contributed by atoms with Gasteiger partial charge in [-0.25, -0.2) is 10.4 Å². The molecule has 0 atom stereocenters. The van der Waals surface area contributed by atoms with Gasteiger partial charge in [0.05, 0.1) is 11.9 Å². The Morgan fingerprint density at radius 1 is 1.25 bits per heavy atom. The average Bonchev–Trinajstić information content (AvgIpc) is 2.52. The summed E-state index contributed by atoms with van der Waals surface area (Å²) >= 11 is 0. The van der Waals surface area contributed by atoms with Crippen molar-refractivity contribution in [1.82, 2.24) is 15.4 Å². The smallest absolute Gasteiger partial charge is 0.265 e. The van der Waals surface area contributed by atoms with Crippen LogP contribution in [0.2, 0.25) is 0 Å². The van der Waals surface area contributed by atoms with E-state index in [1.165, 1.54) is 18.6 Å². The number of hydrogen-bond acceptors (Lipinski definition) is 4. The molecule has 20 heavy (non-hydrogen) atoms. The van der Waals surface area contributed by atoms with Crippen LogP contribution < -0.4 is 5.43 Å². The zero-order chi connectivity index (χ0) is 14.2. The van der Waals surface area contributed by atoms with Gasteiger partial charge in [-0.15, -0.1) is 0 Å². The maximum absolute atomic E-state index is 11.7. The molecule has 1 aromatic heterocycles. The molecule has 1 heterocycles. The summed E-state index contributed by atoms with van der Waals surface area (Å²) in [5, 5.41) is 3.98. The number of allylic oxidation sites excluding steroid dienone is 1. The van der Waals surface area contributed by atoms with Gasteiger partial charge in [-0.2, -0.15) is 5.10 Å². The van der Waals surface area contributed by atoms with E-state index in [1.54, 1.807) is 6.92 Å². The van der Waals surface area contributed by atoms with E-state index in [4.69, 9.17) is 0 Å². The lowest BCUT2D eigenvalue weighted by molar-refractivity contribution is 0.0949. The molecule has 100 valence electrons. The minimum absolute atomic E-state index is 0.232. The molecule has 0 unspecified atom stereocenters. The van der Waals surface area contributed by atoms with Gasteiger partial charge in [-0.1, -0.05) is 36.4 Å². The molecule has 0 bridgehead atoms. The quantitative estimate of drug-likeness (QED) is 0.682. The van der Waals surface area contributed by atoms with E-state index in [-0.39, 0.29) is 11.6 Å². The van der Waals surface area contributed by atoms with E-state index in [1.807, 2.05) is 42.5 Å². The topological polar surface area (TPSA) is 67.2 Å². The molecule has 5 heteroatoms. The second-order valence-electron chi connectivity index (χ2n) is 4.03. The number of aromatic nitrogens is 2. The summed E-state index contributed by atoms with van der Waals surface area (Å²) in [5.41, 5.74) is 4.42. The number of amides is 1. The van der Waals surface area contributed by atoms with Crippen molar-refractivity contribution >= 4 is 17.7 Å². The largest absolute Gasteiger partial charge is 0.291 e. The number of nitrogens with zero attached hydrogens (tertiary/aromatic N) is 3. The van der Waals surface area contributed by atoms with Gasteiger partial charge < -0.3 is 0 Å². The highest BCUT2D eigenvalue weighted by atomic mass is 16.2. The molecule has 0 spiro atoms.